The number of rotatable bonds is 4. The molecular weight excluding hydrogens is 252 g/mol. The van der Waals surface area contributed by atoms with E-state index in [1.165, 1.54) is 12.8 Å². The molecule has 1 aliphatic rings. The zero-order valence-corrected chi connectivity index (χ0v) is 11.3. The van der Waals surface area contributed by atoms with Gasteiger partial charge < -0.3 is 9.88 Å². The molecule has 1 amide bonds. The number of aromatic nitrogens is 1. The number of carbonyl (C=O) groups excluding carboxylic acids is 2. The zero-order chi connectivity index (χ0) is 13.9. The highest BCUT2D eigenvalue weighted by Gasteiger charge is 2.17. The lowest BCUT2D eigenvalue weighted by Crippen LogP contribution is -2.35. The minimum absolute atomic E-state index is 0.0232. The van der Waals surface area contributed by atoms with Crippen LogP contribution in [0, 0.1) is 0 Å². The van der Waals surface area contributed by atoms with Crippen LogP contribution < -0.4 is 5.32 Å². The zero-order valence-electron chi connectivity index (χ0n) is 11.3. The normalized spacial score (nSPS) is 15.6. The fraction of sp³-hybridized carbons (Fsp3) is 0.375. The molecule has 2 aromatic rings. The van der Waals surface area contributed by atoms with Crippen LogP contribution in [0.5, 0.6) is 0 Å². The lowest BCUT2D eigenvalue weighted by atomic mass is 10.1. The van der Waals surface area contributed by atoms with Gasteiger partial charge in [-0.15, -0.1) is 0 Å². The predicted molar refractivity (Wildman–Crippen MR) is 77.7 cm³/mol. The summed E-state index contributed by atoms with van der Waals surface area (Å²) in [6.07, 6.45) is 7.27. The van der Waals surface area contributed by atoms with Gasteiger partial charge in [0.25, 0.3) is 0 Å². The molecule has 104 valence electrons. The molecule has 1 N–H and O–H groups in total. The summed E-state index contributed by atoms with van der Waals surface area (Å²) >= 11 is 0. The minimum atomic E-state index is 0.0232. The van der Waals surface area contributed by atoms with Crippen molar-refractivity contribution in [2.45, 2.75) is 38.3 Å². The van der Waals surface area contributed by atoms with E-state index in [9.17, 15) is 9.59 Å². The van der Waals surface area contributed by atoms with E-state index < -0.39 is 0 Å². The van der Waals surface area contributed by atoms with Crippen molar-refractivity contribution < 1.29 is 9.59 Å². The number of benzene rings is 1. The second kappa shape index (κ2) is 5.49. The maximum atomic E-state index is 12.1. The summed E-state index contributed by atoms with van der Waals surface area (Å²) in [5.74, 6) is 0.0232. The summed E-state index contributed by atoms with van der Waals surface area (Å²) in [5, 5.41) is 4.06. The molecule has 0 atom stereocenters. The Hall–Kier alpha value is -2.10. The maximum absolute atomic E-state index is 12.1. The number of nitrogens with zero attached hydrogens (tertiary/aromatic N) is 1. The molecule has 1 aromatic carbocycles. The molecule has 0 unspecified atom stereocenters. The quantitative estimate of drug-likeness (QED) is 0.868. The van der Waals surface area contributed by atoms with Gasteiger partial charge in [-0.25, -0.2) is 0 Å². The third-order valence-electron chi connectivity index (χ3n) is 3.98. The van der Waals surface area contributed by atoms with Crippen molar-refractivity contribution in [2.75, 3.05) is 0 Å². The monoisotopic (exact) mass is 270 g/mol. The van der Waals surface area contributed by atoms with Crippen molar-refractivity contribution in [3.63, 3.8) is 0 Å². The van der Waals surface area contributed by atoms with Crippen molar-refractivity contribution in [3.05, 3.63) is 36.0 Å². The Morgan fingerprint density at radius 3 is 2.85 bits per heavy atom. The van der Waals surface area contributed by atoms with Crippen molar-refractivity contribution in [1.82, 2.24) is 9.88 Å². The lowest BCUT2D eigenvalue weighted by molar-refractivity contribution is -0.122. The molecule has 4 nitrogen and oxygen atoms in total. The summed E-state index contributed by atoms with van der Waals surface area (Å²) in [5.41, 5.74) is 1.46. The summed E-state index contributed by atoms with van der Waals surface area (Å²) in [6.45, 7) is 0.269. The highest BCUT2D eigenvalue weighted by atomic mass is 16.2. The van der Waals surface area contributed by atoms with Gasteiger partial charge in [0.05, 0.1) is 5.52 Å². The van der Waals surface area contributed by atoms with E-state index in [0.717, 1.165) is 30.0 Å². The first-order valence-corrected chi connectivity index (χ1v) is 7.10. The van der Waals surface area contributed by atoms with Gasteiger partial charge in [0, 0.05) is 23.2 Å². The molecule has 0 bridgehead atoms. The molecule has 3 rings (SSSR count). The van der Waals surface area contributed by atoms with E-state index in [-0.39, 0.29) is 12.5 Å². The second-order valence-electron chi connectivity index (χ2n) is 5.40. The van der Waals surface area contributed by atoms with Crippen molar-refractivity contribution in [2.24, 2.45) is 0 Å². The summed E-state index contributed by atoms with van der Waals surface area (Å²) < 4.78 is 1.85. The third-order valence-corrected chi connectivity index (χ3v) is 3.98. The molecule has 1 aliphatic carbocycles. The van der Waals surface area contributed by atoms with Crippen molar-refractivity contribution >= 4 is 23.1 Å². The van der Waals surface area contributed by atoms with Crippen LogP contribution in [-0.2, 0) is 11.3 Å². The fourth-order valence-electron chi connectivity index (χ4n) is 3.02. The predicted octanol–water partition coefficient (Wildman–Crippen LogP) is 2.51. The molecule has 0 saturated heterocycles. The van der Waals surface area contributed by atoms with Gasteiger partial charge in [0.2, 0.25) is 5.91 Å². The number of para-hydroxylation sites is 1. The third kappa shape index (κ3) is 2.46. The standard InChI is InChI=1S/C16H18N2O2/c19-11-13-5-3-4-12-8-9-18(16(12)13)10-15(20)17-14-6-1-2-7-14/h3-5,8-9,11,14H,1-2,6-7,10H2,(H,17,20). The molecule has 1 fully saturated rings. The molecule has 20 heavy (non-hydrogen) atoms. The number of hydrogen-bond acceptors (Lipinski definition) is 2. The number of carbonyl (C=O) groups is 2. The number of aldehydes is 1. The smallest absolute Gasteiger partial charge is 0.240 e. The Bertz CT molecular complexity index is 639. The molecule has 1 saturated carbocycles. The largest absolute Gasteiger partial charge is 0.352 e. The second-order valence-corrected chi connectivity index (χ2v) is 5.40. The number of nitrogens with one attached hydrogen (secondary N) is 1. The van der Waals surface area contributed by atoms with Gasteiger partial charge in [-0.3, -0.25) is 9.59 Å². The van der Waals surface area contributed by atoms with Crippen LogP contribution in [0.1, 0.15) is 36.0 Å². The fourth-order valence-corrected chi connectivity index (χ4v) is 3.02. The van der Waals surface area contributed by atoms with Crippen molar-refractivity contribution in [3.8, 4) is 0 Å². The van der Waals surface area contributed by atoms with Crippen molar-refractivity contribution in [1.29, 1.82) is 0 Å². The summed E-state index contributed by atoms with van der Waals surface area (Å²) in [7, 11) is 0. The molecule has 0 spiro atoms. The van der Waals surface area contributed by atoms with Crippen LogP contribution in [0.2, 0.25) is 0 Å². The van der Waals surface area contributed by atoms with Crippen LogP contribution >= 0.6 is 0 Å². The van der Waals surface area contributed by atoms with Crippen LogP contribution in [-0.4, -0.2) is 22.8 Å². The van der Waals surface area contributed by atoms with Gasteiger partial charge in [-0.2, -0.15) is 0 Å². The molecule has 4 heteroatoms. The number of fused-ring (bicyclic) bond motifs is 1. The lowest BCUT2D eigenvalue weighted by Gasteiger charge is -2.13. The SMILES string of the molecule is O=Cc1cccc2ccn(CC(=O)NC3CCCC3)c12. The first kappa shape index (κ1) is 12.9. The Morgan fingerprint density at radius 2 is 2.10 bits per heavy atom. The molecular formula is C16H18N2O2. The highest BCUT2D eigenvalue weighted by Crippen LogP contribution is 2.20. The maximum Gasteiger partial charge on any atom is 0.240 e. The van der Waals surface area contributed by atoms with E-state index in [2.05, 4.69) is 5.32 Å². The van der Waals surface area contributed by atoms with Gasteiger partial charge in [0.15, 0.2) is 6.29 Å². The molecule has 0 radical (unpaired) electrons. The first-order valence-electron chi connectivity index (χ1n) is 7.10. The van der Waals surface area contributed by atoms with Gasteiger partial charge in [-0.1, -0.05) is 25.0 Å². The van der Waals surface area contributed by atoms with Gasteiger partial charge in [0.1, 0.15) is 6.54 Å². The molecule has 1 heterocycles. The summed E-state index contributed by atoms with van der Waals surface area (Å²) in [4.78, 5) is 23.2. The van der Waals surface area contributed by atoms with Crippen LogP contribution in [0.4, 0.5) is 0 Å². The number of amides is 1. The van der Waals surface area contributed by atoms with E-state index in [4.69, 9.17) is 0 Å². The topological polar surface area (TPSA) is 51.1 Å². The average Bonchev–Trinajstić information content (AvgIpc) is 3.09. The van der Waals surface area contributed by atoms with E-state index in [1.54, 1.807) is 6.07 Å². The molecule has 0 aliphatic heterocycles. The van der Waals surface area contributed by atoms with Crippen LogP contribution in [0.15, 0.2) is 30.5 Å². The van der Waals surface area contributed by atoms with E-state index in [1.807, 2.05) is 29.0 Å². The van der Waals surface area contributed by atoms with Crippen LogP contribution in [0.25, 0.3) is 10.9 Å². The Balaban J connectivity index is 1.80. The van der Waals surface area contributed by atoms with E-state index >= 15 is 0 Å². The Kier molecular flexibility index (Phi) is 3.54. The Labute approximate surface area is 117 Å². The van der Waals surface area contributed by atoms with Crippen LogP contribution in [0.3, 0.4) is 0 Å². The number of hydrogen-bond donors (Lipinski definition) is 1. The average molecular weight is 270 g/mol. The first-order chi connectivity index (χ1) is 9.78. The minimum Gasteiger partial charge on any atom is -0.352 e. The Morgan fingerprint density at radius 1 is 1.30 bits per heavy atom. The van der Waals surface area contributed by atoms with Gasteiger partial charge >= 0.3 is 0 Å². The highest BCUT2D eigenvalue weighted by molar-refractivity contribution is 5.97. The summed E-state index contributed by atoms with van der Waals surface area (Å²) in [6, 6.07) is 7.85. The van der Waals surface area contributed by atoms with E-state index in [0.29, 0.717) is 11.6 Å². The molecule has 1 aromatic heterocycles. The van der Waals surface area contributed by atoms with Gasteiger partial charge in [-0.05, 0) is 25.0 Å².